The number of nitrogens with one attached hydrogen (secondary N) is 1. The van der Waals surface area contributed by atoms with Crippen molar-refractivity contribution >= 4 is 28.0 Å². The van der Waals surface area contributed by atoms with Gasteiger partial charge >= 0.3 is 5.97 Å². The van der Waals surface area contributed by atoms with Crippen LogP contribution >= 0.6 is 11.3 Å². The standard InChI is InChI=1S/C19H19N3O4S/c1-9-14(19(23)26-4)15(10-5-6-11(24-2)12(7-10)25-3)16-17(21)13(8-20)27-18(16)22-9/h5-7,15,22H,21H2,1-4H3/t15-/m0/s1. The molecule has 0 fully saturated rings. The number of hydrogen-bond donors (Lipinski definition) is 2. The molecule has 0 unspecified atom stereocenters. The number of rotatable bonds is 4. The van der Waals surface area contributed by atoms with Crippen LogP contribution in [0.15, 0.2) is 29.5 Å². The molecule has 1 atom stereocenters. The van der Waals surface area contributed by atoms with Gasteiger partial charge in [0, 0.05) is 17.2 Å². The van der Waals surface area contributed by atoms with Gasteiger partial charge in [-0.1, -0.05) is 6.07 Å². The first-order valence-electron chi connectivity index (χ1n) is 8.07. The summed E-state index contributed by atoms with van der Waals surface area (Å²) in [5, 5.41) is 13.3. The predicted octanol–water partition coefficient (Wildman–Crippen LogP) is 3.22. The Morgan fingerprint density at radius 1 is 1.26 bits per heavy atom. The van der Waals surface area contributed by atoms with Gasteiger partial charge in [0.05, 0.1) is 32.6 Å². The summed E-state index contributed by atoms with van der Waals surface area (Å²) in [5.74, 6) is 0.152. The number of nitriles is 1. The van der Waals surface area contributed by atoms with Gasteiger partial charge in [-0.15, -0.1) is 11.3 Å². The molecule has 1 aromatic carbocycles. The number of ether oxygens (including phenoxy) is 3. The Morgan fingerprint density at radius 3 is 2.56 bits per heavy atom. The predicted molar refractivity (Wildman–Crippen MR) is 103 cm³/mol. The van der Waals surface area contributed by atoms with Gasteiger partial charge in [-0.2, -0.15) is 5.26 Å². The highest BCUT2D eigenvalue weighted by atomic mass is 32.1. The summed E-state index contributed by atoms with van der Waals surface area (Å²) in [4.78, 5) is 13.0. The Kier molecular flexibility index (Phi) is 4.97. The molecule has 3 N–H and O–H groups in total. The Labute approximate surface area is 161 Å². The van der Waals surface area contributed by atoms with E-state index in [4.69, 9.17) is 19.9 Å². The van der Waals surface area contributed by atoms with Gasteiger partial charge in [0.25, 0.3) is 0 Å². The number of carbonyl (C=O) groups excluding carboxylic acids is 1. The summed E-state index contributed by atoms with van der Waals surface area (Å²) < 4.78 is 15.7. The Bertz CT molecular complexity index is 988. The van der Waals surface area contributed by atoms with Crippen LogP contribution < -0.4 is 20.5 Å². The number of carbonyl (C=O) groups is 1. The zero-order valence-corrected chi connectivity index (χ0v) is 16.2. The van der Waals surface area contributed by atoms with Crippen molar-refractivity contribution in [2.24, 2.45) is 0 Å². The number of hydrogen-bond acceptors (Lipinski definition) is 8. The molecule has 0 radical (unpaired) electrons. The van der Waals surface area contributed by atoms with Crippen LogP contribution in [-0.4, -0.2) is 27.3 Å². The number of methoxy groups -OCH3 is 3. The normalized spacial score (nSPS) is 15.4. The molecule has 0 amide bonds. The van der Waals surface area contributed by atoms with E-state index < -0.39 is 11.9 Å². The van der Waals surface area contributed by atoms with E-state index in [-0.39, 0.29) is 0 Å². The molecule has 27 heavy (non-hydrogen) atoms. The van der Waals surface area contributed by atoms with Crippen molar-refractivity contribution in [1.29, 1.82) is 5.26 Å². The van der Waals surface area contributed by atoms with Crippen molar-refractivity contribution in [2.75, 3.05) is 32.4 Å². The van der Waals surface area contributed by atoms with Gasteiger partial charge < -0.3 is 25.3 Å². The number of nitrogen functional groups attached to an aromatic ring is 1. The third-order valence-electron chi connectivity index (χ3n) is 4.51. The van der Waals surface area contributed by atoms with Crippen molar-refractivity contribution in [3.63, 3.8) is 0 Å². The van der Waals surface area contributed by atoms with Gasteiger partial charge in [-0.25, -0.2) is 4.79 Å². The van der Waals surface area contributed by atoms with E-state index in [0.717, 1.165) is 10.6 Å². The average Bonchev–Trinajstić information content (AvgIpc) is 3.00. The lowest BCUT2D eigenvalue weighted by atomic mass is 9.82. The van der Waals surface area contributed by atoms with Crippen LogP contribution in [-0.2, 0) is 9.53 Å². The number of esters is 1. The van der Waals surface area contributed by atoms with Crippen LogP contribution in [0.3, 0.4) is 0 Å². The summed E-state index contributed by atoms with van der Waals surface area (Å²) in [6.45, 7) is 1.80. The van der Waals surface area contributed by atoms with E-state index in [0.29, 0.717) is 38.9 Å². The molecule has 0 saturated carbocycles. The lowest BCUT2D eigenvalue weighted by molar-refractivity contribution is -0.136. The monoisotopic (exact) mass is 385 g/mol. The first-order chi connectivity index (χ1) is 13.0. The van der Waals surface area contributed by atoms with Gasteiger partial charge in [-0.05, 0) is 24.6 Å². The molecule has 3 rings (SSSR count). The maximum Gasteiger partial charge on any atom is 0.336 e. The van der Waals surface area contributed by atoms with E-state index in [9.17, 15) is 10.1 Å². The van der Waals surface area contributed by atoms with E-state index in [1.165, 1.54) is 18.4 Å². The summed E-state index contributed by atoms with van der Waals surface area (Å²) in [6.07, 6.45) is 0. The SMILES string of the molecule is COC(=O)C1=C(C)Nc2sc(C#N)c(N)c2[C@H]1c1ccc(OC)c(OC)c1. The second kappa shape index (κ2) is 7.21. The molecule has 8 heteroatoms. The highest BCUT2D eigenvalue weighted by Crippen LogP contribution is 2.50. The van der Waals surface area contributed by atoms with Gasteiger partial charge in [0.2, 0.25) is 0 Å². The third kappa shape index (κ3) is 2.96. The fourth-order valence-electron chi connectivity index (χ4n) is 3.26. The van der Waals surface area contributed by atoms with Crippen LogP contribution in [0.1, 0.15) is 28.8 Å². The number of thiophene rings is 1. The number of benzene rings is 1. The molecule has 2 aromatic rings. The van der Waals surface area contributed by atoms with Crippen molar-refractivity contribution < 1.29 is 19.0 Å². The van der Waals surface area contributed by atoms with Gasteiger partial charge in [0.15, 0.2) is 11.5 Å². The maximum absolute atomic E-state index is 12.6. The van der Waals surface area contributed by atoms with E-state index in [2.05, 4.69) is 11.4 Å². The average molecular weight is 385 g/mol. The van der Waals surface area contributed by atoms with Crippen LogP contribution in [0.4, 0.5) is 10.7 Å². The Balaban J connectivity index is 2.28. The molecule has 2 heterocycles. The van der Waals surface area contributed by atoms with Crippen LogP contribution in [0.25, 0.3) is 0 Å². The molecule has 1 aromatic heterocycles. The molecule has 0 saturated heterocycles. The molecule has 0 bridgehead atoms. The van der Waals surface area contributed by atoms with E-state index >= 15 is 0 Å². The van der Waals surface area contributed by atoms with Crippen molar-refractivity contribution in [2.45, 2.75) is 12.8 Å². The minimum absolute atomic E-state index is 0.360. The van der Waals surface area contributed by atoms with E-state index in [1.807, 2.05) is 6.07 Å². The first-order valence-corrected chi connectivity index (χ1v) is 8.88. The minimum Gasteiger partial charge on any atom is -0.493 e. The van der Waals surface area contributed by atoms with Crippen molar-refractivity contribution in [3.05, 3.63) is 45.5 Å². The molecule has 1 aliphatic rings. The number of anilines is 2. The second-order valence-corrected chi connectivity index (χ2v) is 6.92. The topological polar surface area (TPSA) is 107 Å². The second-order valence-electron chi connectivity index (χ2n) is 5.90. The first kappa shape index (κ1) is 18.6. The summed E-state index contributed by atoms with van der Waals surface area (Å²) in [5.41, 5.74) is 9.18. The van der Waals surface area contributed by atoms with E-state index in [1.54, 1.807) is 33.3 Å². The Hall–Kier alpha value is -3.18. The Morgan fingerprint density at radius 2 is 1.96 bits per heavy atom. The third-order valence-corrected chi connectivity index (χ3v) is 5.56. The number of fused-ring (bicyclic) bond motifs is 1. The van der Waals surface area contributed by atoms with Gasteiger partial charge in [0.1, 0.15) is 15.9 Å². The molecule has 0 spiro atoms. The molecular weight excluding hydrogens is 366 g/mol. The fourth-order valence-corrected chi connectivity index (χ4v) is 4.28. The smallest absolute Gasteiger partial charge is 0.336 e. The highest BCUT2D eigenvalue weighted by molar-refractivity contribution is 7.17. The number of allylic oxidation sites excluding steroid dienone is 1. The number of nitrogens with two attached hydrogens (primary N) is 1. The van der Waals surface area contributed by atoms with Crippen molar-refractivity contribution in [3.8, 4) is 17.6 Å². The van der Waals surface area contributed by atoms with Crippen molar-refractivity contribution in [1.82, 2.24) is 0 Å². The van der Waals surface area contributed by atoms with Crippen LogP contribution in [0, 0.1) is 11.3 Å². The summed E-state index contributed by atoms with van der Waals surface area (Å²) in [7, 11) is 4.44. The molecule has 0 aliphatic carbocycles. The molecule has 140 valence electrons. The van der Waals surface area contributed by atoms with Crippen LogP contribution in [0.2, 0.25) is 0 Å². The zero-order chi connectivity index (χ0) is 19.7. The van der Waals surface area contributed by atoms with Crippen LogP contribution in [0.5, 0.6) is 11.5 Å². The van der Waals surface area contributed by atoms with Gasteiger partial charge in [-0.3, -0.25) is 0 Å². The minimum atomic E-state index is -0.494. The quantitative estimate of drug-likeness (QED) is 0.778. The maximum atomic E-state index is 12.6. The molecular formula is C19H19N3O4S. The largest absolute Gasteiger partial charge is 0.493 e. The summed E-state index contributed by atoms with van der Waals surface area (Å²) >= 11 is 1.26. The lowest BCUT2D eigenvalue weighted by Gasteiger charge is -2.28. The highest BCUT2D eigenvalue weighted by Gasteiger charge is 2.37. The summed E-state index contributed by atoms with van der Waals surface area (Å²) in [6, 6.07) is 7.54. The number of nitrogens with zero attached hydrogens (tertiary/aromatic N) is 1. The molecule has 1 aliphatic heterocycles. The fraction of sp³-hybridized carbons (Fsp3) is 0.263. The molecule has 7 nitrogen and oxygen atoms in total. The lowest BCUT2D eigenvalue weighted by Crippen LogP contribution is -2.23. The zero-order valence-electron chi connectivity index (χ0n) is 15.4.